The number of hydrogen-bond donors (Lipinski definition) is 0. The minimum absolute atomic E-state index is 0.0673. The zero-order chi connectivity index (χ0) is 15.0. The molecular weight excluding hydrogens is 286 g/mol. The summed E-state index contributed by atoms with van der Waals surface area (Å²) in [5.74, 6) is -0.0673. The average Bonchev–Trinajstić information content (AvgIpc) is 3.01. The molecule has 5 nitrogen and oxygen atoms in total. The van der Waals surface area contributed by atoms with Crippen molar-refractivity contribution >= 4 is 33.2 Å². The van der Waals surface area contributed by atoms with E-state index in [0.717, 1.165) is 20.9 Å². The van der Waals surface area contributed by atoms with E-state index in [-0.39, 0.29) is 5.91 Å². The van der Waals surface area contributed by atoms with Gasteiger partial charge in [0.25, 0.3) is 5.91 Å². The van der Waals surface area contributed by atoms with Crippen LogP contribution >= 0.6 is 11.3 Å². The fourth-order valence-electron chi connectivity index (χ4n) is 2.51. The predicted molar refractivity (Wildman–Crippen MR) is 83.3 cm³/mol. The first kappa shape index (κ1) is 14.0. The molecule has 1 aliphatic heterocycles. The maximum atomic E-state index is 12.5. The number of carbonyl (C=O) groups is 1. The number of para-hydroxylation sites is 1. The molecule has 1 aliphatic rings. The molecule has 0 N–H and O–H groups in total. The summed E-state index contributed by atoms with van der Waals surface area (Å²) in [5, 5.41) is 4.81. The number of nitrogens with zero attached hydrogens (tertiary/aromatic N) is 3. The summed E-state index contributed by atoms with van der Waals surface area (Å²) in [4.78, 5) is 24.1. The standard InChI is InChI=1S/C15H17N3O2S/c1-10-8-15(2,20-17-10)14(19)18(3)9-13-16-11-6-4-5-7-12(11)21-13/h4-7H,8-9H2,1-3H3. The van der Waals surface area contributed by atoms with Gasteiger partial charge in [0.1, 0.15) is 5.01 Å². The zero-order valence-electron chi connectivity index (χ0n) is 12.3. The Balaban J connectivity index is 1.74. The van der Waals surface area contributed by atoms with Crippen molar-refractivity contribution in [2.75, 3.05) is 7.05 Å². The van der Waals surface area contributed by atoms with Crippen molar-refractivity contribution < 1.29 is 9.63 Å². The Labute approximate surface area is 127 Å². The second-order valence-electron chi connectivity index (χ2n) is 5.56. The molecule has 110 valence electrons. The van der Waals surface area contributed by atoms with Gasteiger partial charge in [-0.3, -0.25) is 4.79 Å². The number of aromatic nitrogens is 1. The van der Waals surface area contributed by atoms with E-state index >= 15 is 0 Å². The highest BCUT2D eigenvalue weighted by atomic mass is 32.1. The fraction of sp³-hybridized carbons (Fsp3) is 0.400. The number of amides is 1. The minimum Gasteiger partial charge on any atom is -0.379 e. The number of carbonyl (C=O) groups excluding carboxylic acids is 1. The van der Waals surface area contributed by atoms with Crippen LogP contribution in [-0.4, -0.2) is 34.2 Å². The van der Waals surface area contributed by atoms with E-state index in [1.807, 2.05) is 31.2 Å². The van der Waals surface area contributed by atoms with Crippen LogP contribution in [0.4, 0.5) is 0 Å². The molecule has 0 saturated heterocycles. The lowest BCUT2D eigenvalue weighted by Crippen LogP contribution is -2.45. The van der Waals surface area contributed by atoms with Gasteiger partial charge in [-0.15, -0.1) is 11.3 Å². The van der Waals surface area contributed by atoms with Gasteiger partial charge in [-0.1, -0.05) is 17.3 Å². The maximum Gasteiger partial charge on any atom is 0.269 e. The van der Waals surface area contributed by atoms with E-state index < -0.39 is 5.60 Å². The van der Waals surface area contributed by atoms with Gasteiger partial charge in [0, 0.05) is 13.5 Å². The SMILES string of the molecule is CC1=NOC(C)(C(=O)N(C)Cc2nc3ccccc3s2)C1. The van der Waals surface area contributed by atoms with Crippen molar-refractivity contribution in [2.24, 2.45) is 5.16 Å². The molecule has 1 aromatic heterocycles. The summed E-state index contributed by atoms with van der Waals surface area (Å²) in [6, 6.07) is 7.98. The molecule has 0 aliphatic carbocycles. The average molecular weight is 303 g/mol. The van der Waals surface area contributed by atoms with Gasteiger partial charge in [0.05, 0.1) is 22.5 Å². The first-order chi connectivity index (χ1) is 9.98. The van der Waals surface area contributed by atoms with Crippen molar-refractivity contribution in [1.29, 1.82) is 0 Å². The van der Waals surface area contributed by atoms with Crippen LogP contribution in [0.1, 0.15) is 25.3 Å². The summed E-state index contributed by atoms with van der Waals surface area (Å²) in [6.45, 7) is 4.13. The quantitative estimate of drug-likeness (QED) is 0.876. The van der Waals surface area contributed by atoms with Crippen molar-refractivity contribution in [3.8, 4) is 0 Å². The smallest absolute Gasteiger partial charge is 0.269 e. The van der Waals surface area contributed by atoms with Gasteiger partial charge < -0.3 is 9.74 Å². The van der Waals surface area contributed by atoms with E-state index in [2.05, 4.69) is 10.1 Å². The molecule has 2 heterocycles. The van der Waals surface area contributed by atoms with E-state index in [1.54, 1.807) is 30.2 Å². The molecule has 0 bridgehead atoms. The van der Waals surface area contributed by atoms with E-state index in [4.69, 9.17) is 4.84 Å². The molecule has 0 spiro atoms. The third-order valence-electron chi connectivity index (χ3n) is 3.51. The third kappa shape index (κ3) is 2.63. The number of hydrogen-bond acceptors (Lipinski definition) is 5. The predicted octanol–water partition coefficient (Wildman–Crippen LogP) is 2.81. The van der Waals surface area contributed by atoms with Gasteiger partial charge in [-0.05, 0) is 26.0 Å². The van der Waals surface area contributed by atoms with Crippen LogP contribution in [0, 0.1) is 0 Å². The third-order valence-corrected chi connectivity index (χ3v) is 4.53. The molecule has 2 aromatic rings. The molecule has 21 heavy (non-hydrogen) atoms. The normalized spacial score (nSPS) is 21.2. The molecular formula is C15H17N3O2S. The first-order valence-corrected chi connectivity index (χ1v) is 7.61. The summed E-state index contributed by atoms with van der Waals surface area (Å²) >= 11 is 1.61. The largest absolute Gasteiger partial charge is 0.379 e. The van der Waals surface area contributed by atoms with Gasteiger partial charge in [0.2, 0.25) is 5.60 Å². The Hall–Kier alpha value is -1.95. The first-order valence-electron chi connectivity index (χ1n) is 6.79. The van der Waals surface area contributed by atoms with Crippen molar-refractivity contribution in [2.45, 2.75) is 32.4 Å². The number of likely N-dealkylation sites (N-methyl/N-ethyl adjacent to an activating group) is 1. The monoisotopic (exact) mass is 303 g/mol. The molecule has 6 heteroatoms. The zero-order valence-corrected chi connectivity index (χ0v) is 13.1. The van der Waals surface area contributed by atoms with Gasteiger partial charge in [0.15, 0.2) is 0 Å². The van der Waals surface area contributed by atoms with Gasteiger partial charge in [-0.2, -0.15) is 0 Å². The number of rotatable bonds is 3. The number of oxime groups is 1. The maximum absolute atomic E-state index is 12.5. The van der Waals surface area contributed by atoms with Crippen LogP contribution in [-0.2, 0) is 16.2 Å². The molecule has 0 fully saturated rings. The minimum atomic E-state index is -0.879. The van der Waals surface area contributed by atoms with Crippen LogP contribution in [0.15, 0.2) is 29.4 Å². The lowest BCUT2D eigenvalue weighted by molar-refractivity contribution is -0.152. The summed E-state index contributed by atoms with van der Waals surface area (Å²) in [6.07, 6.45) is 0.538. The molecule has 1 amide bonds. The molecule has 1 aromatic carbocycles. The van der Waals surface area contributed by atoms with Crippen LogP contribution < -0.4 is 0 Å². The van der Waals surface area contributed by atoms with E-state index in [9.17, 15) is 4.79 Å². The summed E-state index contributed by atoms with van der Waals surface area (Å²) in [5.41, 5.74) is 0.940. The Morgan fingerprint density at radius 1 is 1.48 bits per heavy atom. The van der Waals surface area contributed by atoms with Crippen molar-refractivity contribution in [3.05, 3.63) is 29.3 Å². The molecule has 1 atom stereocenters. The molecule has 3 rings (SSSR count). The van der Waals surface area contributed by atoms with Crippen molar-refractivity contribution in [1.82, 2.24) is 9.88 Å². The topological polar surface area (TPSA) is 54.8 Å². The fourth-order valence-corrected chi connectivity index (χ4v) is 3.53. The summed E-state index contributed by atoms with van der Waals surface area (Å²) in [7, 11) is 1.77. The van der Waals surface area contributed by atoms with Gasteiger partial charge >= 0.3 is 0 Å². The number of benzene rings is 1. The Kier molecular flexibility index (Phi) is 3.41. The van der Waals surface area contributed by atoms with Crippen LogP contribution in [0.3, 0.4) is 0 Å². The van der Waals surface area contributed by atoms with Crippen LogP contribution in [0.25, 0.3) is 10.2 Å². The highest BCUT2D eigenvalue weighted by molar-refractivity contribution is 7.18. The second kappa shape index (κ2) is 5.11. The highest BCUT2D eigenvalue weighted by Crippen LogP contribution is 2.27. The number of fused-ring (bicyclic) bond motifs is 1. The molecule has 0 saturated carbocycles. The second-order valence-corrected chi connectivity index (χ2v) is 6.68. The lowest BCUT2D eigenvalue weighted by atomic mass is 9.99. The van der Waals surface area contributed by atoms with E-state index in [0.29, 0.717) is 13.0 Å². The van der Waals surface area contributed by atoms with Crippen LogP contribution in [0.2, 0.25) is 0 Å². The Morgan fingerprint density at radius 3 is 2.90 bits per heavy atom. The van der Waals surface area contributed by atoms with E-state index in [1.165, 1.54) is 0 Å². The number of thiazole rings is 1. The lowest BCUT2D eigenvalue weighted by Gasteiger charge is -2.26. The Bertz CT molecular complexity index is 692. The summed E-state index contributed by atoms with van der Waals surface area (Å²) < 4.78 is 1.14. The van der Waals surface area contributed by atoms with Gasteiger partial charge in [-0.25, -0.2) is 4.98 Å². The molecule has 0 radical (unpaired) electrons. The molecule has 1 unspecified atom stereocenters. The van der Waals surface area contributed by atoms with Crippen LogP contribution in [0.5, 0.6) is 0 Å². The highest BCUT2D eigenvalue weighted by Gasteiger charge is 2.42. The Morgan fingerprint density at radius 2 is 2.24 bits per heavy atom. The van der Waals surface area contributed by atoms with Crippen molar-refractivity contribution in [3.63, 3.8) is 0 Å².